The van der Waals surface area contributed by atoms with Gasteiger partial charge in [-0.15, -0.1) is 0 Å². The molecule has 0 amide bonds. The standard InChI is InChI=1S/C46H32O/c1-3-12-31(13-4-1)27-41-37-18-7-9-20-39(37)42(40-21-10-8-19-38(40)41)28-32-14-11-17-34(26-32)36-23-25-46-44(30-36)43-29-35(22-24-45(43)47-46)33-15-5-2-6-16-33/h1-26,29-30H,27-28H2/i1D,3D,4D,7D,8D,9D,10D,11D,12D,13D,14D,17D,18D,19D,20D,21D,26D. The first-order chi connectivity index (χ1) is 30.3. The highest BCUT2D eigenvalue weighted by Crippen LogP contribution is 2.38. The van der Waals surface area contributed by atoms with E-state index in [1.807, 2.05) is 48.5 Å². The molecular weight excluding hydrogens is 569 g/mol. The SMILES string of the molecule is [2H]c1c([2H])c([2H])c(Cc2c3c([2H])c([2H])c([2H])c([2H])c3c(Cc3c([2H])c([2H])c([2H])c(-c4ccc5oc6ccc(-c7ccccc7)cc6c5c4)c3[2H])c3c([2H])c([2H])c([2H])c([2H])c23)c([2H])c1[2H]. The van der Waals surface area contributed by atoms with Gasteiger partial charge >= 0.3 is 0 Å². The minimum atomic E-state index is -0.708. The molecule has 0 bridgehead atoms. The Morgan fingerprint density at radius 1 is 0.404 bits per heavy atom. The molecule has 8 aromatic carbocycles. The van der Waals surface area contributed by atoms with Crippen LogP contribution in [0.15, 0.2) is 174 Å². The molecule has 1 aromatic heterocycles. The molecule has 0 saturated heterocycles. The first kappa shape index (κ1) is 15.1. The Kier molecular flexibility index (Phi) is 3.69. The van der Waals surface area contributed by atoms with Crippen LogP contribution < -0.4 is 0 Å². The molecule has 0 radical (unpaired) electrons. The van der Waals surface area contributed by atoms with E-state index in [0.717, 1.165) is 16.5 Å². The van der Waals surface area contributed by atoms with Gasteiger partial charge in [0.2, 0.25) is 0 Å². The van der Waals surface area contributed by atoms with Crippen molar-refractivity contribution in [3.05, 3.63) is 192 Å². The summed E-state index contributed by atoms with van der Waals surface area (Å²) < 4.78 is 157. The molecule has 0 fully saturated rings. The summed E-state index contributed by atoms with van der Waals surface area (Å²) in [6.07, 6.45) is -1.17. The van der Waals surface area contributed by atoms with Crippen LogP contribution in [0.3, 0.4) is 0 Å². The van der Waals surface area contributed by atoms with Crippen molar-refractivity contribution in [2.24, 2.45) is 0 Å². The smallest absolute Gasteiger partial charge is 0.135 e. The third-order valence-electron chi connectivity index (χ3n) is 8.38. The quantitative estimate of drug-likeness (QED) is 0.169. The van der Waals surface area contributed by atoms with E-state index in [9.17, 15) is 6.85 Å². The van der Waals surface area contributed by atoms with Gasteiger partial charge in [-0.05, 0) is 103 Å². The highest BCUT2D eigenvalue weighted by molar-refractivity contribution is 6.08. The predicted molar refractivity (Wildman–Crippen MR) is 198 cm³/mol. The van der Waals surface area contributed by atoms with Crippen molar-refractivity contribution < 1.29 is 27.7 Å². The van der Waals surface area contributed by atoms with Gasteiger partial charge in [-0.3, -0.25) is 0 Å². The molecule has 1 heterocycles. The normalized spacial score (nSPS) is 16.6. The molecule has 9 aromatic rings. The Morgan fingerprint density at radius 2 is 0.915 bits per heavy atom. The third kappa shape index (κ3) is 4.98. The number of furan rings is 1. The Hall–Kier alpha value is -5.92. The van der Waals surface area contributed by atoms with E-state index >= 15 is 0 Å². The molecule has 0 saturated carbocycles. The van der Waals surface area contributed by atoms with Crippen LogP contribution >= 0.6 is 0 Å². The zero-order chi connectivity index (χ0) is 46.0. The predicted octanol–water partition coefficient (Wildman–Crippen LogP) is 12.4. The molecule has 0 unspecified atom stereocenters. The minimum Gasteiger partial charge on any atom is -0.456 e. The fourth-order valence-electron chi connectivity index (χ4n) is 6.21. The molecule has 0 aliphatic rings. The fraction of sp³-hybridized carbons (Fsp3) is 0.0435. The molecular formula is C46H32O. The van der Waals surface area contributed by atoms with Crippen molar-refractivity contribution in [1.82, 2.24) is 0 Å². The molecule has 222 valence electrons. The largest absolute Gasteiger partial charge is 0.456 e. The lowest BCUT2D eigenvalue weighted by Crippen LogP contribution is -1.98. The van der Waals surface area contributed by atoms with Crippen molar-refractivity contribution in [3.63, 3.8) is 0 Å². The van der Waals surface area contributed by atoms with Gasteiger partial charge in [-0.25, -0.2) is 0 Å². The number of fused-ring (bicyclic) bond motifs is 5. The molecule has 0 spiro atoms. The van der Waals surface area contributed by atoms with Gasteiger partial charge in [0, 0.05) is 10.8 Å². The highest BCUT2D eigenvalue weighted by Gasteiger charge is 2.15. The summed E-state index contributed by atoms with van der Waals surface area (Å²) in [5.41, 5.74) is 2.61. The van der Waals surface area contributed by atoms with Gasteiger partial charge in [-0.1, -0.05) is 145 Å². The van der Waals surface area contributed by atoms with Crippen LogP contribution in [-0.2, 0) is 12.8 Å². The van der Waals surface area contributed by atoms with E-state index in [0.29, 0.717) is 22.1 Å². The second-order valence-electron chi connectivity index (χ2n) is 11.2. The molecule has 1 nitrogen and oxygen atoms in total. The maximum atomic E-state index is 9.61. The maximum Gasteiger partial charge on any atom is 0.135 e. The Balaban J connectivity index is 1.34. The van der Waals surface area contributed by atoms with Gasteiger partial charge in [0.05, 0.1) is 23.3 Å². The summed E-state index contributed by atoms with van der Waals surface area (Å²) in [6, 6.07) is 10.1. The molecule has 0 aliphatic heterocycles. The van der Waals surface area contributed by atoms with Gasteiger partial charge in [0.1, 0.15) is 11.2 Å². The zero-order valence-electron chi connectivity index (χ0n) is 41.7. The number of benzene rings is 8. The van der Waals surface area contributed by atoms with Gasteiger partial charge in [0.25, 0.3) is 0 Å². The molecule has 47 heavy (non-hydrogen) atoms. The molecule has 0 aliphatic carbocycles. The molecule has 1 heteroatoms. The van der Waals surface area contributed by atoms with E-state index in [1.54, 1.807) is 18.2 Å². The Bertz CT molecular complexity index is 3420. The van der Waals surface area contributed by atoms with E-state index in [-0.39, 0.29) is 55.4 Å². The minimum absolute atomic E-state index is 0.0262. The van der Waals surface area contributed by atoms with Crippen LogP contribution in [0.25, 0.3) is 65.7 Å². The summed E-state index contributed by atoms with van der Waals surface area (Å²) >= 11 is 0. The number of hydrogen-bond donors (Lipinski definition) is 0. The summed E-state index contributed by atoms with van der Waals surface area (Å²) in [7, 11) is 0. The first-order valence-electron chi connectivity index (χ1n) is 23.5. The maximum absolute atomic E-state index is 9.61. The Labute approximate surface area is 298 Å². The molecule has 0 N–H and O–H groups in total. The first-order valence-corrected chi connectivity index (χ1v) is 15.0. The van der Waals surface area contributed by atoms with E-state index < -0.39 is 110 Å². The van der Waals surface area contributed by atoms with Crippen molar-refractivity contribution in [2.45, 2.75) is 12.8 Å². The fourth-order valence-corrected chi connectivity index (χ4v) is 6.21. The monoisotopic (exact) mass is 617 g/mol. The van der Waals surface area contributed by atoms with Crippen LogP contribution in [0.5, 0.6) is 0 Å². The van der Waals surface area contributed by atoms with Crippen LogP contribution in [0, 0.1) is 0 Å². The third-order valence-corrected chi connectivity index (χ3v) is 8.38. The summed E-state index contributed by atoms with van der Waals surface area (Å²) in [6.45, 7) is 0. The van der Waals surface area contributed by atoms with Crippen LogP contribution in [0.4, 0.5) is 0 Å². The second kappa shape index (κ2) is 11.5. The lowest BCUT2D eigenvalue weighted by atomic mass is 9.86. The van der Waals surface area contributed by atoms with E-state index in [1.165, 1.54) is 0 Å². The molecule has 0 atom stereocenters. The van der Waals surface area contributed by atoms with Crippen molar-refractivity contribution in [3.8, 4) is 22.3 Å². The van der Waals surface area contributed by atoms with Crippen molar-refractivity contribution >= 4 is 43.5 Å². The van der Waals surface area contributed by atoms with Gasteiger partial charge < -0.3 is 4.42 Å². The highest BCUT2D eigenvalue weighted by atomic mass is 16.3. The van der Waals surface area contributed by atoms with Crippen molar-refractivity contribution in [2.75, 3.05) is 0 Å². The summed E-state index contributed by atoms with van der Waals surface area (Å²) in [5, 5.41) is 0.426. The second-order valence-corrected chi connectivity index (χ2v) is 11.2. The number of hydrogen-bond acceptors (Lipinski definition) is 1. The van der Waals surface area contributed by atoms with Crippen LogP contribution in [0.2, 0.25) is 0 Å². The number of rotatable bonds is 6. The molecule has 9 rings (SSSR count). The van der Waals surface area contributed by atoms with Crippen molar-refractivity contribution in [1.29, 1.82) is 0 Å². The average molecular weight is 618 g/mol. The lowest BCUT2D eigenvalue weighted by molar-refractivity contribution is 0.669. The van der Waals surface area contributed by atoms with E-state index in [4.69, 9.17) is 20.9 Å². The van der Waals surface area contributed by atoms with Crippen LogP contribution in [0.1, 0.15) is 45.6 Å². The van der Waals surface area contributed by atoms with E-state index in [2.05, 4.69) is 0 Å². The van der Waals surface area contributed by atoms with Gasteiger partial charge in [0.15, 0.2) is 0 Å². The van der Waals surface area contributed by atoms with Gasteiger partial charge in [-0.2, -0.15) is 0 Å². The lowest BCUT2D eigenvalue weighted by Gasteiger charge is -2.17. The topological polar surface area (TPSA) is 13.1 Å². The summed E-state index contributed by atoms with van der Waals surface area (Å²) in [4.78, 5) is 0. The average Bonchev–Trinajstić information content (AvgIpc) is 3.66. The Morgan fingerprint density at radius 3 is 1.51 bits per heavy atom. The van der Waals surface area contributed by atoms with Crippen LogP contribution in [-0.4, -0.2) is 0 Å². The zero-order valence-corrected chi connectivity index (χ0v) is 24.7. The summed E-state index contributed by atoms with van der Waals surface area (Å²) in [5.74, 6) is 0.